The summed E-state index contributed by atoms with van der Waals surface area (Å²) in [6.07, 6.45) is 0. The topological polar surface area (TPSA) is 8.17 Å². The molecule has 1 aromatic heterocycles. The lowest BCUT2D eigenvalue weighted by atomic mass is 9.70. The molecule has 2 heteroatoms. The van der Waals surface area contributed by atoms with Gasteiger partial charge in [-0.25, -0.2) is 0 Å². The minimum absolute atomic E-state index is 0.437. The van der Waals surface area contributed by atoms with Crippen LogP contribution >= 0.6 is 0 Å². The fraction of sp³-hybridized carbons (Fsp3) is 0.0149. The lowest BCUT2D eigenvalue weighted by Crippen LogP contribution is -2.26. The molecule has 0 aliphatic heterocycles. The fourth-order valence-electron chi connectivity index (χ4n) is 11.9. The maximum absolute atomic E-state index is 2.48. The van der Waals surface area contributed by atoms with E-state index in [2.05, 4.69) is 276 Å². The molecule has 0 bridgehead atoms. The smallest absolute Gasteiger partial charge is 0.0726 e. The Labute approximate surface area is 402 Å². The van der Waals surface area contributed by atoms with Gasteiger partial charge in [-0.05, 0) is 145 Å². The predicted octanol–water partition coefficient (Wildman–Crippen LogP) is 17.6. The lowest BCUT2D eigenvalue weighted by Gasteiger charge is -2.32. The third kappa shape index (κ3) is 5.92. The molecule has 0 unspecified atom stereocenters. The van der Waals surface area contributed by atoms with E-state index in [0.29, 0.717) is 0 Å². The van der Waals surface area contributed by atoms with Crippen LogP contribution in [0.1, 0.15) is 22.3 Å². The maximum atomic E-state index is 2.48. The van der Waals surface area contributed by atoms with Gasteiger partial charge in [0.1, 0.15) is 0 Å². The van der Waals surface area contributed by atoms with Crippen molar-refractivity contribution in [3.8, 4) is 61.3 Å². The van der Waals surface area contributed by atoms with E-state index in [1.165, 1.54) is 99.7 Å². The highest BCUT2D eigenvalue weighted by molar-refractivity contribution is 6.16. The standard InChI is InChI=1S/C67H44N2/c1-3-17-45(18-4-1)46-33-37-51(38-34-46)68(53-41-42-58-57-25-9-13-30-62(57)67(63(58)44-53)60-28-11-7-23-55(60)56-24-8-12-29-61(56)67)52-39-35-47(36-40-52)48-19-15-20-49(43-48)54-27-16-32-65-66(54)59-26-10-14-31-64(59)69(65)50-21-5-2-6-22-50/h1-44H. The summed E-state index contributed by atoms with van der Waals surface area (Å²) in [4.78, 5) is 2.43. The number of rotatable bonds is 7. The van der Waals surface area contributed by atoms with Crippen molar-refractivity contribution in [2.45, 2.75) is 5.41 Å². The highest BCUT2D eigenvalue weighted by atomic mass is 15.1. The van der Waals surface area contributed by atoms with Crippen LogP contribution in [0.25, 0.3) is 83.1 Å². The number of nitrogens with zero attached hydrogens (tertiary/aromatic N) is 2. The van der Waals surface area contributed by atoms with Crippen molar-refractivity contribution in [1.82, 2.24) is 4.57 Å². The highest BCUT2D eigenvalue weighted by Crippen LogP contribution is 2.63. The molecular formula is C67H44N2. The number of anilines is 3. The molecule has 69 heavy (non-hydrogen) atoms. The zero-order valence-corrected chi connectivity index (χ0v) is 37.8. The molecule has 0 saturated carbocycles. The van der Waals surface area contributed by atoms with Gasteiger partial charge < -0.3 is 9.47 Å². The summed E-state index contributed by atoms with van der Waals surface area (Å²) in [6, 6.07) is 98.4. The maximum Gasteiger partial charge on any atom is 0.0726 e. The Hall–Kier alpha value is -8.98. The Balaban J connectivity index is 0.900. The van der Waals surface area contributed by atoms with E-state index in [9.17, 15) is 0 Å². The Morgan fingerprint density at radius 1 is 0.275 bits per heavy atom. The van der Waals surface area contributed by atoms with E-state index in [4.69, 9.17) is 0 Å². The van der Waals surface area contributed by atoms with E-state index in [1.54, 1.807) is 0 Å². The first-order valence-electron chi connectivity index (χ1n) is 23.9. The van der Waals surface area contributed by atoms with Crippen molar-refractivity contribution in [2.75, 3.05) is 4.90 Å². The monoisotopic (exact) mass is 876 g/mol. The van der Waals surface area contributed by atoms with Gasteiger partial charge in [0.25, 0.3) is 0 Å². The van der Waals surface area contributed by atoms with Crippen LogP contribution < -0.4 is 4.90 Å². The second-order valence-electron chi connectivity index (χ2n) is 18.4. The Kier molecular flexibility index (Phi) is 8.84. The van der Waals surface area contributed by atoms with Gasteiger partial charge in [0, 0.05) is 33.5 Å². The summed E-state index contributed by atoms with van der Waals surface area (Å²) in [5.41, 5.74) is 24.2. The molecule has 0 saturated heterocycles. The molecule has 1 heterocycles. The number of hydrogen-bond acceptors (Lipinski definition) is 1. The molecule has 2 aliphatic rings. The summed E-state index contributed by atoms with van der Waals surface area (Å²) >= 11 is 0. The van der Waals surface area contributed by atoms with Gasteiger partial charge in [-0.15, -0.1) is 0 Å². The number of para-hydroxylation sites is 2. The second kappa shape index (κ2) is 15.6. The van der Waals surface area contributed by atoms with Crippen LogP contribution in [0.15, 0.2) is 267 Å². The van der Waals surface area contributed by atoms with E-state index in [-0.39, 0.29) is 0 Å². The van der Waals surface area contributed by atoms with Gasteiger partial charge in [-0.3, -0.25) is 0 Å². The summed E-state index contributed by atoms with van der Waals surface area (Å²) < 4.78 is 2.39. The number of benzene rings is 11. The van der Waals surface area contributed by atoms with Gasteiger partial charge in [-0.1, -0.05) is 200 Å². The van der Waals surface area contributed by atoms with Crippen LogP contribution in [0.2, 0.25) is 0 Å². The Morgan fingerprint density at radius 3 is 1.38 bits per heavy atom. The molecule has 2 nitrogen and oxygen atoms in total. The molecule has 322 valence electrons. The molecule has 0 amide bonds. The summed E-state index contributed by atoms with van der Waals surface area (Å²) in [6.45, 7) is 0. The van der Waals surface area contributed by atoms with Crippen molar-refractivity contribution in [2.24, 2.45) is 0 Å². The third-order valence-electron chi connectivity index (χ3n) is 14.8. The fourth-order valence-corrected chi connectivity index (χ4v) is 11.9. The largest absolute Gasteiger partial charge is 0.310 e. The minimum atomic E-state index is -0.437. The molecule has 12 aromatic rings. The van der Waals surface area contributed by atoms with Crippen LogP contribution in [-0.2, 0) is 5.41 Å². The first-order chi connectivity index (χ1) is 34.2. The summed E-state index contributed by atoms with van der Waals surface area (Å²) in [5.74, 6) is 0. The Bertz CT molecular complexity index is 3870. The highest BCUT2D eigenvalue weighted by Gasteiger charge is 2.51. The van der Waals surface area contributed by atoms with Gasteiger partial charge in [-0.2, -0.15) is 0 Å². The van der Waals surface area contributed by atoms with Crippen LogP contribution in [-0.4, -0.2) is 4.57 Å². The molecule has 0 fully saturated rings. The van der Waals surface area contributed by atoms with E-state index >= 15 is 0 Å². The first-order valence-corrected chi connectivity index (χ1v) is 23.9. The average Bonchev–Trinajstić information content (AvgIpc) is 4.04. The van der Waals surface area contributed by atoms with Crippen LogP contribution in [0, 0.1) is 0 Å². The number of fused-ring (bicyclic) bond motifs is 13. The van der Waals surface area contributed by atoms with E-state index < -0.39 is 5.41 Å². The summed E-state index contributed by atoms with van der Waals surface area (Å²) in [7, 11) is 0. The van der Waals surface area contributed by atoms with E-state index in [1.807, 2.05) is 0 Å². The zero-order chi connectivity index (χ0) is 45.5. The van der Waals surface area contributed by atoms with Crippen molar-refractivity contribution in [1.29, 1.82) is 0 Å². The predicted molar refractivity (Wildman–Crippen MR) is 288 cm³/mol. The molecule has 0 radical (unpaired) electrons. The molecule has 2 aliphatic carbocycles. The van der Waals surface area contributed by atoms with E-state index in [0.717, 1.165) is 22.7 Å². The average molecular weight is 877 g/mol. The molecule has 0 atom stereocenters. The van der Waals surface area contributed by atoms with Gasteiger partial charge in [0.05, 0.1) is 16.4 Å². The number of aromatic nitrogens is 1. The van der Waals surface area contributed by atoms with Crippen molar-refractivity contribution in [3.05, 3.63) is 289 Å². The van der Waals surface area contributed by atoms with Gasteiger partial charge in [0.15, 0.2) is 0 Å². The van der Waals surface area contributed by atoms with Crippen LogP contribution in [0.4, 0.5) is 17.1 Å². The normalized spacial score (nSPS) is 12.8. The lowest BCUT2D eigenvalue weighted by molar-refractivity contribution is 0.793. The van der Waals surface area contributed by atoms with Gasteiger partial charge >= 0.3 is 0 Å². The van der Waals surface area contributed by atoms with Crippen molar-refractivity contribution in [3.63, 3.8) is 0 Å². The molecule has 0 N–H and O–H groups in total. The molecule has 1 spiro atoms. The van der Waals surface area contributed by atoms with Crippen molar-refractivity contribution < 1.29 is 0 Å². The first kappa shape index (κ1) is 39.2. The molecular weight excluding hydrogens is 833 g/mol. The Morgan fingerprint density at radius 2 is 0.725 bits per heavy atom. The van der Waals surface area contributed by atoms with Crippen LogP contribution in [0.5, 0.6) is 0 Å². The summed E-state index contributed by atoms with van der Waals surface area (Å²) in [5, 5.41) is 2.52. The molecule has 11 aromatic carbocycles. The number of hydrogen-bond donors (Lipinski definition) is 0. The van der Waals surface area contributed by atoms with Gasteiger partial charge in [0.2, 0.25) is 0 Å². The second-order valence-corrected chi connectivity index (χ2v) is 18.4. The van der Waals surface area contributed by atoms with Crippen LogP contribution in [0.3, 0.4) is 0 Å². The quantitative estimate of drug-likeness (QED) is 0.155. The van der Waals surface area contributed by atoms with Crippen molar-refractivity contribution >= 4 is 38.9 Å². The molecule has 14 rings (SSSR count). The minimum Gasteiger partial charge on any atom is -0.310 e. The third-order valence-corrected chi connectivity index (χ3v) is 14.8. The zero-order valence-electron chi connectivity index (χ0n) is 37.8. The SMILES string of the molecule is c1ccc(-c2ccc(N(c3ccc(-c4cccc(-c5cccc6c5c5ccccc5n6-c5ccccc5)c4)cc3)c3ccc4c(c3)C3(c5ccccc5-c5ccccc53)c3ccccc3-4)cc2)cc1.